The van der Waals surface area contributed by atoms with Crippen LogP contribution in [0.3, 0.4) is 0 Å². The van der Waals surface area contributed by atoms with Crippen LogP contribution in [0, 0.1) is 5.92 Å². The van der Waals surface area contributed by atoms with Gasteiger partial charge in [0.25, 0.3) is 0 Å². The number of amides is 1. The lowest BCUT2D eigenvalue weighted by Gasteiger charge is -2.33. The second kappa shape index (κ2) is 9.55. The van der Waals surface area contributed by atoms with Crippen molar-refractivity contribution in [2.24, 2.45) is 5.92 Å². The minimum atomic E-state index is 0.0140. The number of nitrogens with zero attached hydrogens (tertiary/aromatic N) is 4. The van der Waals surface area contributed by atoms with Crippen molar-refractivity contribution >= 4 is 33.3 Å². The van der Waals surface area contributed by atoms with Crippen LogP contribution in [0.4, 0.5) is 5.82 Å². The Labute approximate surface area is 193 Å². The van der Waals surface area contributed by atoms with Crippen LogP contribution in [-0.2, 0) is 24.2 Å². The van der Waals surface area contributed by atoms with Crippen LogP contribution in [0.2, 0.25) is 0 Å². The topological polar surface area (TPSA) is 61.4 Å². The quantitative estimate of drug-likeness (QED) is 0.623. The van der Waals surface area contributed by atoms with Gasteiger partial charge in [0, 0.05) is 44.1 Å². The number of hydrogen-bond acceptors (Lipinski definition) is 6. The number of fused-ring (bicyclic) bond motifs is 2. The molecule has 1 amide bonds. The third-order valence-corrected chi connectivity index (χ3v) is 7.92. The molecule has 32 heavy (non-hydrogen) atoms. The second-order valence-electron chi connectivity index (χ2n) is 8.85. The molecule has 7 heteroatoms. The Kier molecular flexibility index (Phi) is 6.37. The molecule has 1 atom stereocenters. The van der Waals surface area contributed by atoms with E-state index >= 15 is 0 Å². The largest absolute Gasteiger partial charge is 0.355 e. The van der Waals surface area contributed by atoms with E-state index in [4.69, 9.17) is 0 Å². The van der Waals surface area contributed by atoms with Crippen LogP contribution >= 0.6 is 11.3 Å². The smallest absolute Gasteiger partial charge is 0.224 e. The van der Waals surface area contributed by atoms with Gasteiger partial charge in [-0.05, 0) is 42.9 Å². The van der Waals surface area contributed by atoms with Gasteiger partial charge in [-0.25, -0.2) is 9.97 Å². The molecule has 168 valence electrons. The number of hydrogen-bond donors (Lipinski definition) is 1. The lowest BCUT2D eigenvalue weighted by molar-refractivity contribution is -0.125. The fraction of sp³-hybridized carbons (Fsp3) is 0.480. The minimum Gasteiger partial charge on any atom is -0.355 e. The SMILES string of the molecule is CCc1cc2c(N3CCCC(C(=O)NCCN4CCc5ccccc5C4)C3)ncnc2s1. The molecule has 2 aliphatic rings. The molecule has 3 aromatic rings. The zero-order valence-corrected chi connectivity index (χ0v) is 19.5. The number of carbonyl (C=O) groups excluding carboxylic acids is 1. The van der Waals surface area contributed by atoms with Crippen molar-refractivity contribution in [2.75, 3.05) is 37.6 Å². The van der Waals surface area contributed by atoms with Crippen molar-refractivity contribution in [1.29, 1.82) is 0 Å². The highest BCUT2D eigenvalue weighted by atomic mass is 32.1. The summed E-state index contributed by atoms with van der Waals surface area (Å²) >= 11 is 1.74. The molecule has 6 nitrogen and oxygen atoms in total. The first-order valence-electron chi connectivity index (χ1n) is 11.8. The Morgan fingerprint density at radius 1 is 1.22 bits per heavy atom. The van der Waals surface area contributed by atoms with Gasteiger partial charge >= 0.3 is 0 Å². The molecular weight excluding hydrogens is 418 g/mol. The van der Waals surface area contributed by atoms with Gasteiger partial charge in [-0.1, -0.05) is 31.2 Å². The highest BCUT2D eigenvalue weighted by molar-refractivity contribution is 7.18. The highest BCUT2D eigenvalue weighted by Crippen LogP contribution is 2.32. The molecule has 1 saturated heterocycles. The summed E-state index contributed by atoms with van der Waals surface area (Å²) in [6.45, 7) is 7.49. The molecule has 1 fully saturated rings. The molecule has 1 N–H and O–H groups in total. The van der Waals surface area contributed by atoms with Crippen molar-refractivity contribution in [3.63, 3.8) is 0 Å². The zero-order chi connectivity index (χ0) is 21.9. The van der Waals surface area contributed by atoms with E-state index in [9.17, 15) is 4.79 Å². The maximum atomic E-state index is 12.9. The first kappa shape index (κ1) is 21.3. The van der Waals surface area contributed by atoms with Crippen molar-refractivity contribution < 1.29 is 4.79 Å². The molecule has 0 bridgehead atoms. The monoisotopic (exact) mass is 449 g/mol. The van der Waals surface area contributed by atoms with Gasteiger partial charge in [0.15, 0.2) is 0 Å². The summed E-state index contributed by atoms with van der Waals surface area (Å²) in [4.78, 5) is 29.1. The molecule has 0 saturated carbocycles. The van der Waals surface area contributed by atoms with Crippen molar-refractivity contribution in [1.82, 2.24) is 20.2 Å². The van der Waals surface area contributed by atoms with Gasteiger partial charge in [0.1, 0.15) is 17.0 Å². The standard InChI is InChI=1S/C25H31N5OS/c1-2-21-14-22-23(27-17-28-25(22)32-21)30-11-5-8-20(16-30)24(31)26-10-13-29-12-9-18-6-3-4-7-19(18)15-29/h3-4,6-7,14,17,20H,2,5,8-13,15-16H2,1H3,(H,26,31). The van der Waals surface area contributed by atoms with E-state index in [2.05, 4.69) is 62.3 Å². The van der Waals surface area contributed by atoms with Gasteiger partial charge in [-0.3, -0.25) is 9.69 Å². The molecule has 5 rings (SSSR count). The molecule has 0 spiro atoms. The van der Waals surface area contributed by atoms with E-state index in [1.165, 1.54) is 16.0 Å². The zero-order valence-electron chi connectivity index (χ0n) is 18.7. The third-order valence-electron chi connectivity index (χ3n) is 6.74. The van der Waals surface area contributed by atoms with Crippen LogP contribution in [0.25, 0.3) is 10.2 Å². The predicted molar refractivity (Wildman–Crippen MR) is 130 cm³/mol. The number of carbonyl (C=O) groups is 1. The lowest BCUT2D eigenvalue weighted by atomic mass is 9.97. The van der Waals surface area contributed by atoms with E-state index < -0.39 is 0 Å². The number of nitrogens with one attached hydrogen (secondary N) is 1. The van der Waals surface area contributed by atoms with Crippen LogP contribution in [0.15, 0.2) is 36.7 Å². The molecule has 2 aromatic heterocycles. The fourth-order valence-electron chi connectivity index (χ4n) is 4.93. The number of rotatable bonds is 6. The van der Waals surface area contributed by atoms with Crippen LogP contribution in [0.1, 0.15) is 35.8 Å². The summed E-state index contributed by atoms with van der Waals surface area (Å²) in [5.74, 6) is 1.17. The van der Waals surface area contributed by atoms with E-state index in [1.807, 2.05) is 0 Å². The Morgan fingerprint density at radius 2 is 2.09 bits per heavy atom. The number of aromatic nitrogens is 2. The van der Waals surface area contributed by atoms with Crippen molar-refractivity contribution in [3.8, 4) is 0 Å². The summed E-state index contributed by atoms with van der Waals surface area (Å²) in [6.07, 6.45) is 5.72. The maximum Gasteiger partial charge on any atom is 0.224 e. The molecule has 0 aliphatic carbocycles. The number of thiophene rings is 1. The number of piperidine rings is 1. The van der Waals surface area contributed by atoms with Crippen molar-refractivity contribution in [3.05, 3.63) is 52.7 Å². The van der Waals surface area contributed by atoms with E-state index in [0.29, 0.717) is 6.54 Å². The van der Waals surface area contributed by atoms with Crippen LogP contribution in [0.5, 0.6) is 0 Å². The number of benzene rings is 1. The maximum absolute atomic E-state index is 12.9. The molecule has 0 radical (unpaired) electrons. The molecular formula is C25H31N5OS. The van der Waals surface area contributed by atoms with E-state index in [0.717, 1.165) is 74.4 Å². The first-order chi connectivity index (χ1) is 15.7. The van der Waals surface area contributed by atoms with E-state index in [1.54, 1.807) is 17.7 Å². The fourth-order valence-corrected chi connectivity index (χ4v) is 5.86. The van der Waals surface area contributed by atoms with Gasteiger partial charge in [-0.2, -0.15) is 0 Å². The van der Waals surface area contributed by atoms with Gasteiger partial charge < -0.3 is 10.2 Å². The third kappa shape index (κ3) is 4.50. The summed E-state index contributed by atoms with van der Waals surface area (Å²) in [7, 11) is 0. The Bertz CT molecular complexity index is 1100. The van der Waals surface area contributed by atoms with Gasteiger partial charge in [-0.15, -0.1) is 11.3 Å². The Balaban J connectivity index is 1.16. The predicted octanol–water partition coefficient (Wildman–Crippen LogP) is 3.64. The number of aryl methyl sites for hydroxylation is 1. The normalized spacial score (nSPS) is 19.2. The molecule has 4 heterocycles. The van der Waals surface area contributed by atoms with Gasteiger partial charge in [0.2, 0.25) is 5.91 Å². The average Bonchev–Trinajstić information content (AvgIpc) is 3.27. The summed E-state index contributed by atoms with van der Waals surface area (Å²) in [5, 5.41) is 4.33. The Morgan fingerprint density at radius 3 is 2.97 bits per heavy atom. The summed E-state index contributed by atoms with van der Waals surface area (Å²) < 4.78 is 0. The van der Waals surface area contributed by atoms with Crippen LogP contribution < -0.4 is 10.2 Å². The molecule has 2 aliphatic heterocycles. The first-order valence-corrected chi connectivity index (χ1v) is 12.6. The molecule has 1 aromatic carbocycles. The summed E-state index contributed by atoms with van der Waals surface area (Å²) in [5.41, 5.74) is 2.88. The van der Waals surface area contributed by atoms with Crippen molar-refractivity contribution in [2.45, 2.75) is 39.2 Å². The lowest BCUT2D eigenvalue weighted by Crippen LogP contribution is -2.45. The van der Waals surface area contributed by atoms with E-state index in [-0.39, 0.29) is 11.8 Å². The Hall–Kier alpha value is -2.51. The minimum absolute atomic E-state index is 0.0140. The second-order valence-corrected chi connectivity index (χ2v) is 9.97. The molecule has 1 unspecified atom stereocenters. The highest BCUT2D eigenvalue weighted by Gasteiger charge is 2.28. The van der Waals surface area contributed by atoms with Crippen LogP contribution in [-0.4, -0.2) is 53.5 Å². The van der Waals surface area contributed by atoms with Gasteiger partial charge in [0.05, 0.1) is 11.3 Å². The average molecular weight is 450 g/mol. The summed E-state index contributed by atoms with van der Waals surface area (Å²) in [6, 6.07) is 10.9. The number of anilines is 1.